The van der Waals surface area contributed by atoms with E-state index in [0.29, 0.717) is 19.0 Å². The Labute approximate surface area is 166 Å². The van der Waals surface area contributed by atoms with E-state index < -0.39 is 0 Å². The van der Waals surface area contributed by atoms with Gasteiger partial charge in [-0.25, -0.2) is 9.67 Å². The van der Waals surface area contributed by atoms with Crippen molar-refractivity contribution in [1.82, 2.24) is 30.3 Å². The summed E-state index contributed by atoms with van der Waals surface area (Å²) in [6, 6.07) is 8.10. The molecule has 0 unspecified atom stereocenters. The van der Waals surface area contributed by atoms with Crippen LogP contribution in [0.5, 0.6) is 0 Å². The lowest BCUT2D eigenvalue weighted by molar-refractivity contribution is -0.138. The van der Waals surface area contributed by atoms with Crippen LogP contribution in [0, 0.1) is 5.41 Å². The molecule has 1 heterocycles. The van der Waals surface area contributed by atoms with E-state index in [9.17, 15) is 4.79 Å². The Morgan fingerprint density at radius 1 is 1.21 bits per heavy atom. The molecule has 1 aromatic heterocycles. The third-order valence-electron chi connectivity index (χ3n) is 5.32. The highest BCUT2D eigenvalue weighted by molar-refractivity contribution is 5.85. The first kappa shape index (κ1) is 19.9. The van der Waals surface area contributed by atoms with Crippen molar-refractivity contribution in [3.8, 4) is 5.69 Å². The Hall–Kier alpha value is -2.90. The molecule has 1 fully saturated rings. The van der Waals surface area contributed by atoms with Crippen molar-refractivity contribution in [2.45, 2.75) is 32.2 Å². The molecule has 1 aliphatic rings. The second-order valence-corrected chi connectivity index (χ2v) is 7.47. The SMILES string of the molecule is CN=C(NCc1ccc(-n2cncn2)cc1)NCC1(C(=O)N(C)C)CCCC1. The second-order valence-electron chi connectivity index (χ2n) is 7.47. The zero-order chi connectivity index (χ0) is 20.0. The molecule has 28 heavy (non-hydrogen) atoms. The molecule has 0 bridgehead atoms. The van der Waals surface area contributed by atoms with Crippen molar-refractivity contribution in [3.05, 3.63) is 42.5 Å². The minimum Gasteiger partial charge on any atom is -0.355 e. The third kappa shape index (κ3) is 4.49. The molecule has 8 heteroatoms. The maximum absolute atomic E-state index is 12.7. The molecule has 1 amide bonds. The number of carbonyl (C=O) groups is 1. The highest BCUT2D eigenvalue weighted by atomic mass is 16.2. The highest BCUT2D eigenvalue weighted by Crippen LogP contribution is 2.38. The van der Waals surface area contributed by atoms with Gasteiger partial charge in [-0.1, -0.05) is 25.0 Å². The van der Waals surface area contributed by atoms with E-state index in [0.717, 1.165) is 36.9 Å². The van der Waals surface area contributed by atoms with Gasteiger partial charge in [0.1, 0.15) is 12.7 Å². The Balaban J connectivity index is 1.55. The summed E-state index contributed by atoms with van der Waals surface area (Å²) < 4.78 is 1.72. The number of aromatic nitrogens is 3. The number of nitrogens with one attached hydrogen (secondary N) is 2. The lowest BCUT2D eigenvalue weighted by Gasteiger charge is -2.31. The Kier molecular flexibility index (Phi) is 6.28. The van der Waals surface area contributed by atoms with Crippen LogP contribution in [0.4, 0.5) is 0 Å². The molecule has 8 nitrogen and oxygen atoms in total. The van der Waals surface area contributed by atoms with Crippen LogP contribution in [0.25, 0.3) is 5.69 Å². The molecule has 1 aromatic carbocycles. The number of benzene rings is 1. The van der Waals surface area contributed by atoms with Crippen LogP contribution < -0.4 is 10.6 Å². The van der Waals surface area contributed by atoms with Crippen LogP contribution in [0.15, 0.2) is 41.9 Å². The predicted octanol–water partition coefficient (Wildman–Crippen LogP) is 1.58. The van der Waals surface area contributed by atoms with Gasteiger partial charge in [-0.05, 0) is 30.5 Å². The van der Waals surface area contributed by atoms with E-state index in [1.54, 1.807) is 23.0 Å². The topological polar surface area (TPSA) is 87.4 Å². The number of nitrogens with zero attached hydrogens (tertiary/aromatic N) is 5. The predicted molar refractivity (Wildman–Crippen MR) is 109 cm³/mol. The summed E-state index contributed by atoms with van der Waals surface area (Å²) in [5.41, 5.74) is 1.78. The minimum absolute atomic E-state index is 0.205. The Morgan fingerprint density at radius 2 is 1.93 bits per heavy atom. The van der Waals surface area contributed by atoms with E-state index >= 15 is 0 Å². The molecule has 0 atom stereocenters. The number of rotatable bonds is 6. The summed E-state index contributed by atoms with van der Waals surface area (Å²) in [5, 5.41) is 10.8. The Bertz CT molecular complexity index is 790. The summed E-state index contributed by atoms with van der Waals surface area (Å²) >= 11 is 0. The van der Waals surface area contributed by atoms with Crippen molar-refractivity contribution >= 4 is 11.9 Å². The van der Waals surface area contributed by atoms with Crippen molar-refractivity contribution < 1.29 is 4.79 Å². The Morgan fingerprint density at radius 3 is 2.50 bits per heavy atom. The summed E-state index contributed by atoms with van der Waals surface area (Å²) in [4.78, 5) is 22.7. The summed E-state index contributed by atoms with van der Waals surface area (Å²) in [5.74, 6) is 0.912. The van der Waals surface area contributed by atoms with Gasteiger partial charge >= 0.3 is 0 Å². The van der Waals surface area contributed by atoms with Gasteiger partial charge in [-0.3, -0.25) is 9.79 Å². The molecule has 3 rings (SSSR count). The standard InChI is InChI=1S/C20H29N7O/c1-21-19(24-13-20(10-4-5-11-20)18(28)26(2)3)23-12-16-6-8-17(9-7-16)27-15-22-14-25-27/h6-9,14-15H,4-5,10-13H2,1-3H3,(H2,21,23,24). The molecule has 0 aliphatic heterocycles. The van der Waals surface area contributed by atoms with Crippen molar-refractivity contribution in [1.29, 1.82) is 0 Å². The summed E-state index contributed by atoms with van der Waals surface area (Å²) in [6.45, 7) is 1.25. The quantitative estimate of drug-likeness (QED) is 0.584. The molecule has 150 valence electrons. The molecule has 0 spiro atoms. The second kappa shape index (κ2) is 8.86. The minimum atomic E-state index is -0.319. The molecule has 0 saturated heterocycles. The van der Waals surface area contributed by atoms with Crippen molar-refractivity contribution in [2.24, 2.45) is 10.4 Å². The molecule has 0 radical (unpaired) electrons. The smallest absolute Gasteiger partial charge is 0.230 e. The fourth-order valence-corrected chi connectivity index (χ4v) is 3.76. The average Bonchev–Trinajstić information content (AvgIpc) is 3.41. The van der Waals surface area contributed by atoms with Gasteiger partial charge in [0.25, 0.3) is 0 Å². The van der Waals surface area contributed by atoms with E-state index in [2.05, 4.69) is 25.7 Å². The fourth-order valence-electron chi connectivity index (χ4n) is 3.76. The monoisotopic (exact) mass is 383 g/mol. The zero-order valence-electron chi connectivity index (χ0n) is 16.9. The van der Waals surface area contributed by atoms with Gasteiger partial charge in [0.2, 0.25) is 5.91 Å². The van der Waals surface area contributed by atoms with Crippen LogP contribution in [-0.4, -0.2) is 59.2 Å². The maximum atomic E-state index is 12.7. The van der Waals surface area contributed by atoms with Gasteiger partial charge in [-0.2, -0.15) is 5.10 Å². The first-order valence-corrected chi connectivity index (χ1v) is 9.64. The number of aliphatic imine (C=N–C) groups is 1. The van der Waals surface area contributed by atoms with Crippen LogP contribution >= 0.6 is 0 Å². The number of hydrogen-bond acceptors (Lipinski definition) is 4. The molecule has 1 saturated carbocycles. The van der Waals surface area contributed by atoms with Crippen molar-refractivity contribution in [2.75, 3.05) is 27.7 Å². The molecule has 1 aliphatic carbocycles. The molecular formula is C20H29N7O. The first-order chi connectivity index (χ1) is 13.5. The third-order valence-corrected chi connectivity index (χ3v) is 5.32. The van der Waals surface area contributed by atoms with Gasteiger partial charge in [-0.15, -0.1) is 0 Å². The van der Waals surface area contributed by atoms with E-state index in [-0.39, 0.29) is 11.3 Å². The molecule has 2 N–H and O–H groups in total. The van der Waals surface area contributed by atoms with Gasteiger partial charge in [0.15, 0.2) is 5.96 Å². The lowest BCUT2D eigenvalue weighted by Crippen LogP contribution is -2.49. The van der Waals surface area contributed by atoms with E-state index in [1.807, 2.05) is 38.4 Å². The van der Waals surface area contributed by atoms with Crippen molar-refractivity contribution in [3.63, 3.8) is 0 Å². The van der Waals surface area contributed by atoms with Crippen LogP contribution in [0.2, 0.25) is 0 Å². The lowest BCUT2D eigenvalue weighted by atomic mass is 9.84. The van der Waals surface area contributed by atoms with E-state index in [1.165, 1.54) is 6.33 Å². The first-order valence-electron chi connectivity index (χ1n) is 9.64. The normalized spacial score (nSPS) is 16.0. The number of guanidine groups is 1. The fraction of sp³-hybridized carbons (Fsp3) is 0.500. The average molecular weight is 384 g/mol. The zero-order valence-corrected chi connectivity index (χ0v) is 16.9. The summed E-state index contributed by atoms with van der Waals surface area (Å²) in [6.07, 6.45) is 7.25. The molecule has 2 aromatic rings. The highest BCUT2D eigenvalue weighted by Gasteiger charge is 2.42. The van der Waals surface area contributed by atoms with Crippen LogP contribution in [-0.2, 0) is 11.3 Å². The maximum Gasteiger partial charge on any atom is 0.230 e. The summed E-state index contributed by atoms with van der Waals surface area (Å²) in [7, 11) is 5.41. The molecular weight excluding hydrogens is 354 g/mol. The van der Waals surface area contributed by atoms with Gasteiger partial charge in [0, 0.05) is 34.2 Å². The largest absolute Gasteiger partial charge is 0.355 e. The van der Waals surface area contributed by atoms with Crippen LogP contribution in [0.3, 0.4) is 0 Å². The number of carbonyl (C=O) groups excluding carboxylic acids is 1. The van der Waals surface area contributed by atoms with Gasteiger partial charge in [0.05, 0.1) is 11.1 Å². The number of amides is 1. The van der Waals surface area contributed by atoms with E-state index in [4.69, 9.17) is 0 Å². The van der Waals surface area contributed by atoms with Gasteiger partial charge < -0.3 is 15.5 Å². The van der Waals surface area contributed by atoms with Crippen LogP contribution in [0.1, 0.15) is 31.2 Å². The number of hydrogen-bond donors (Lipinski definition) is 2.